The van der Waals surface area contributed by atoms with Crippen LogP contribution in [0.5, 0.6) is 0 Å². The number of piperazine rings is 1. The molecule has 0 aliphatic carbocycles. The standard InChI is InChI=1S/C14H17N3O2/c1-19-14(18)12-4-2-3-5-13(12)17-10-8-16(7-6-15)9-11-17/h2-5H,7-11H2,1H3. The van der Waals surface area contributed by atoms with Crippen molar-refractivity contribution in [3.05, 3.63) is 29.8 Å². The third-order valence-corrected chi connectivity index (χ3v) is 3.32. The molecule has 0 bridgehead atoms. The lowest BCUT2D eigenvalue weighted by molar-refractivity contribution is 0.0601. The molecule has 0 unspecified atom stereocenters. The fourth-order valence-corrected chi connectivity index (χ4v) is 2.28. The number of nitriles is 1. The first kappa shape index (κ1) is 13.4. The molecule has 1 aromatic carbocycles. The molecule has 19 heavy (non-hydrogen) atoms. The number of anilines is 1. The van der Waals surface area contributed by atoms with Crippen molar-refractivity contribution < 1.29 is 9.53 Å². The van der Waals surface area contributed by atoms with Crippen molar-refractivity contribution in [1.82, 2.24) is 4.90 Å². The third kappa shape index (κ3) is 3.04. The molecule has 1 aliphatic heterocycles. The highest BCUT2D eigenvalue weighted by atomic mass is 16.5. The number of hydrogen-bond acceptors (Lipinski definition) is 5. The molecule has 5 heteroatoms. The summed E-state index contributed by atoms with van der Waals surface area (Å²) in [4.78, 5) is 16.0. The molecule has 0 saturated carbocycles. The highest BCUT2D eigenvalue weighted by molar-refractivity contribution is 5.95. The van der Waals surface area contributed by atoms with Crippen LogP contribution in [-0.2, 0) is 4.74 Å². The molecule has 1 heterocycles. The lowest BCUT2D eigenvalue weighted by Crippen LogP contribution is -2.46. The highest BCUT2D eigenvalue weighted by Gasteiger charge is 2.21. The zero-order valence-electron chi connectivity index (χ0n) is 11.0. The van der Waals surface area contributed by atoms with E-state index in [1.165, 1.54) is 7.11 Å². The van der Waals surface area contributed by atoms with E-state index in [9.17, 15) is 4.79 Å². The second-order valence-electron chi connectivity index (χ2n) is 4.43. The summed E-state index contributed by atoms with van der Waals surface area (Å²) in [7, 11) is 1.39. The van der Waals surface area contributed by atoms with Gasteiger partial charge in [-0.3, -0.25) is 4.90 Å². The zero-order chi connectivity index (χ0) is 13.7. The zero-order valence-corrected chi connectivity index (χ0v) is 11.0. The van der Waals surface area contributed by atoms with Gasteiger partial charge in [-0.1, -0.05) is 12.1 Å². The van der Waals surface area contributed by atoms with E-state index in [4.69, 9.17) is 10.00 Å². The molecule has 1 fully saturated rings. The lowest BCUT2D eigenvalue weighted by atomic mass is 10.1. The summed E-state index contributed by atoms with van der Waals surface area (Å²) in [6.07, 6.45) is 0. The van der Waals surface area contributed by atoms with Gasteiger partial charge in [0, 0.05) is 26.2 Å². The summed E-state index contributed by atoms with van der Waals surface area (Å²) in [6, 6.07) is 9.64. The van der Waals surface area contributed by atoms with E-state index in [0.717, 1.165) is 31.9 Å². The summed E-state index contributed by atoms with van der Waals surface area (Å²) in [5.41, 5.74) is 1.50. The minimum atomic E-state index is -0.310. The fraction of sp³-hybridized carbons (Fsp3) is 0.429. The summed E-state index contributed by atoms with van der Waals surface area (Å²) >= 11 is 0. The quantitative estimate of drug-likeness (QED) is 0.601. The van der Waals surface area contributed by atoms with Crippen molar-refractivity contribution in [3.8, 4) is 6.07 Å². The molecule has 5 nitrogen and oxygen atoms in total. The Morgan fingerprint density at radius 2 is 2.00 bits per heavy atom. The van der Waals surface area contributed by atoms with Crippen molar-refractivity contribution >= 4 is 11.7 Å². The second kappa shape index (κ2) is 6.21. The topological polar surface area (TPSA) is 56.6 Å². The van der Waals surface area contributed by atoms with Crippen LogP contribution < -0.4 is 4.90 Å². The van der Waals surface area contributed by atoms with Gasteiger partial charge in [-0.15, -0.1) is 0 Å². The summed E-state index contributed by atoms with van der Waals surface area (Å²) < 4.78 is 4.81. The Labute approximate surface area is 113 Å². The molecule has 0 radical (unpaired) electrons. The van der Waals surface area contributed by atoms with E-state index in [-0.39, 0.29) is 5.97 Å². The summed E-state index contributed by atoms with van der Waals surface area (Å²) in [6.45, 7) is 3.77. The molecule has 0 aromatic heterocycles. The van der Waals surface area contributed by atoms with Crippen LogP contribution in [0, 0.1) is 11.3 Å². The van der Waals surface area contributed by atoms with Gasteiger partial charge in [-0.05, 0) is 12.1 Å². The van der Waals surface area contributed by atoms with Crippen LogP contribution in [0.1, 0.15) is 10.4 Å². The molecule has 2 rings (SSSR count). The van der Waals surface area contributed by atoms with Crippen LogP contribution >= 0.6 is 0 Å². The third-order valence-electron chi connectivity index (χ3n) is 3.32. The molecule has 100 valence electrons. The van der Waals surface area contributed by atoms with Gasteiger partial charge in [0.25, 0.3) is 0 Å². The molecule has 0 atom stereocenters. The van der Waals surface area contributed by atoms with Crippen molar-refractivity contribution in [2.24, 2.45) is 0 Å². The second-order valence-corrected chi connectivity index (χ2v) is 4.43. The number of benzene rings is 1. The van der Waals surface area contributed by atoms with E-state index in [0.29, 0.717) is 12.1 Å². The molecule has 0 N–H and O–H groups in total. The Kier molecular flexibility index (Phi) is 4.37. The monoisotopic (exact) mass is 259 g/mol. The fourth-order valence-electron chi connectivity index (χ4n) is 2.28. The van der Waals surface area contributed by atoms with Crippen LogP contribution in [0.4, 0.5) is 5.69 Å². The van der Waals surface area contributed by atoms with Gasteiger partial charge >= 0.3 is 5.97 Å². The Balaban J connectivity index is 2.11. The van der Waals surface area contributed by atoms with Crippen molar-refractivity contribution in [2.75, 3.05) is 44.7 Å². The number of para-hydroxylation sites is 1. The van der Waals surface area contributed by atoms with E-state index in [1.54, 1.807) is 6.07 Å². The molecular formula is C14H17N3O2. The number of methoxy groups -OCH3 is 1. The average molecular weight is 259 g/mol. The summed E-state index contributed by atoms with van der Waals surface area (Å²) in [5, 5.41) is 8.68. The Morgan fingerprint density at radius 1 is 1.32 bits per heavy atom. The van der Waals surface area contributed by atoms with Gasteiger partial charge in [0.15, 0.2) is 0 Å². The molecule has 1 aromatic rings. The van der Waals surface area contributed by atoms with Crippen LogP contribution in [0.3, 0.4) is 0 Å². The van der Waals surface area contributed by atoms with Gasteiger partial charge in [-0.25, -0.2) is 4.79 Å². The molecular weight excluding hydrogens is 242 g/mol. The number of carbonyl (C=O) groups excluding carboxylic acids is 1. The van der Waals surface area contributed by atoms with Crippen molar-refractivity contribution in [1.29, 1.82) is 5.26 Å². The molecule has 0 amide bonds. The van der Waals surface area contributed by atoms with Crippen LogP contribution in [0.15, 0.2) is 24.3 Å². The van der Waals surface area contributed by atoms with Crippen LogP contribution in [0.2, 0.25) is 0 Å². The molecule has 1 saturated heterocycles. The Hall–Kier alpha value is -2.06. The maximum atomic E-state index is 11.7. The average Bonchev–Trinajstić information content (AvgIpc) is 2.47. The highest BCUT2D eigenvalue weighted by Crippen LogP contribution is 2.22. The number of ether oxygens (including phenoxy) is 1. The number of hydrogen-bond donors (Lipinski definition) is 0. The van der Waals surface area contributed by atoms with Gasteiger partial charge in [0.1, 0.15) is 0 Å². The van der Waals surface area contributed by atoms with Crippen LogP contribution in [-0.4, -0.2) is 50.7 Å². The smallest absolute Gasteiger partial charge is 0.339 e. The van der Waals surface area contributed by atoms with Crippen molar-refractivity contribution in [3.63, 3.8) is 0 Å². The maximum Gasteiger partial charge on any atom is 0.339 e. The van der Waals surface area contributed by atoms with Gasteiger partial charge < -0.3 is 9.64 Å². The normalized spacial score (nSPS) is 15.9. The number of esters is 1. The van der Waals surface area contributed by atoms with E-state index in [2.05, 4.69) is 15.9 Å². The van der Waals surface area contributed by atoms with E-state index >= 15 is 0 Å². The minimum Gasteiger partial charge on any atom is -0.465 e. The number of rotatable bonds is 3. The Morgan fingerprint density at radius 3 is 2.63 bits per heavy atom. The predicted molar refractivity (Wildman–Crippen MR) is 72.0 cm³/mol. The van der Waals surface area contributed by atoms with Gasteiger partial charge in [0.2, 0.25) is 0 Å². The lowest BCUT2D eigenvalue weighted by Gasteiger charge is -2.35. The van der Waals surface area contributed by atoms with Gasteiger partial charge in [0.05, 0.1) is 31.0 Å². The first-order valence-electron chi connectivity index (χ1n) is 6.28. The van der Waals surface area contributed by atoms with Crippen LogP contribution in [0.25, 0.3) is 0 Å². The molecule has 1 aliphatic rings. The SMILES string of the molecule is COC(=O)c1ccccc1N1CCN(CC#N)CC1. The molecule has 0 spiro atoms. The first-order valence-corrected chi connectivity index (χ1v) is 6.28. The van der Waals surface area contributed by atoms with Gasteiger partial charge in [-0.2, -0.15) is 5.26 Å². The minimum absolute atomic E-state index is 0.310. The first-order chi connectivity index (χ1) is 9.26. The van der Waals surface area contributed by atoms with Crippen molar-refractivity contribution in [2.45, 2.75) is 0 Å². The largest absolute Gasteiger partial charge is 0.465 e. The van der Waals surface area contributed by atoms with E-state index < -0.39 is 0 Å². The maximum absolute atomic E-state index is 11.7. The number of carbonyl (C=O) groups is 1. The number of nitrogens with zero attached hydrogens (tertiary/aromatic N) is 3. The van der Waals surface area contributed by atoms with E-state index in [1.807, 2.05) is 18.2 Å². The predicted octanol–water partition coefficient (Wildman–Crippen LogP) is 1.12. The summed E-state index contributed by atoms with van der Waals surface area (Å²) in [5.74, 6) is -0.310. The Bertz CT molecular complexity index is 488.